The first kappa shape index (κ1) is 16.5. The zero-order valence-corrected chi connectivity index (χ0v) is 14.0. The van der Waals surface area contributed by atoms with Gasteiger partial charge in [0.2, 0.25) is 0 Å². The minimum Gasteiger partial charge on any atom is -0.492 e. The molecule has 1 heterocycles. The van der Waals surface area contributed by atoms with E-state index in [4.69, 9.17) is 9.47 Å². The third kappa shape index (κ3) is 3.32. The molecule has 2 rings (SSSR count). The van der Waals surface area contributed by atoms with Gasteiger partial charge in [-0.25, -0.2) is 0 Å². The summed E-state index contributed by atoms with van der Waals surface area (Å²) < 4.78 is 10.8. The third-order valence-corrected chi connectivity index (χ3v) is 3.82. The maximum atomic E-state index is 12.7. The lowest BCUT2D eigenvalue weighted by molar-refractivity contribution is -0.144. The predicted octanol–water partition coefficient (Wildman–Crippen LogP) is 3.44. The van der Waals surface area contributed by atoms with Crippen LogP contribution in [0.2, 0.25) is 0 Å². The van der Waals surface area contributed by atoms with E-state index >= 15 is 0 Å². The van der Waals surface area contributed by atoms with E-state index in [-0.39, 0.29) is 30.2 Å². The summed E-state index contributed by atoms with van der Waals surface area (Å²) in [6, 6.07) is 3.92. The molecule has 1 atom stereocenters. The molecule has 0 saturated heterocycles. The lowest BCUT2D eigenvalue weighted by Gasteiger charge is -2.30. The van der Waals surface area contributed by atoms with Crippen molar-refractivity contribution in [3.8, 4) is 5.75 Å². The average molecular weight is 304 g/mol. The minimum atomic E-state index is -0.457. The van der Waals surface area contributed by atoms with Gasteiger partial charge in [0.05, 0.1) is 31.1 Å². The standard InChI is InChI=1S/C18H24O4/c1-6-21-15(19)9-12-10-22-17-13(16(12)20)7-11(2)8-14(17)18(3,4)5/h7-8,12H,6,9-10H2,1-5H3/t12-/m1/s1. The number of esters is 1. The van der Waals surface area contributed by atoms with Crippen LogP contribution in [0.15, 0.2) is 12.1 Å². The van der Waals surface area contributed by atoms with Crippen LogP contribution >= 0.6 is 0 Å². The average Bonchev–Trinajstić information content (AvgIpc) is 2.41. The van der Waals surface area contributed by atoms with Crippen molar-refractivity contribution in [2.75, 3.05) is 13.2 Å². The lowest BCUT2D eigenvalue weighted by Crippen LogP contribution is -2.32. The smallest absolute Gasteiger partial charge is 0.306 e. The van der Waals surface area contributed by atoms with E-state index in [9.17, 15) is 9.59 Å². The fraction of sp³-hybridized carbons (Fsp3) is 0.556. The van der Waals surface area contributed by atoms with Crippen LogP contribution in [0.25, 0.3) is 0 Å². The number of benzene rings is 1. The fourth-order valence-electron chi connectivity index (χ4n) is 2.72. The van der Waals surface area contributed by atoms with Crippen LogP contribution < -0.4 is 4.74 Å². The molecule has 0 radical (unpaired) electrons. The molecule has 4 nitrogen and oxygen atoms in total. The van der Waals surface area contributed by atoms with Crippen molar-refractivity contribution < 1.29 is 19.1 Å². The van der Waals surface area contributed by atoms with Gasteiger partial charge in [-0.15, -0.1) is 0 Å². The molecule has 0 bridgehead atoms. The number of rotatable bonds is 3. The second-order valence-electron chi connectivity index (χ2n) is 6.82. The number of ketones is 1. The molecule has 0 aliphatic carbocycles. The van der Waals surface area contributed by atoms with Crippen LogP contribution in [0.3, 0.4) is 0 Å². The molecule has 1 aromatic rings. The van der Waals surface area contributed by atoms with Gasteiger partial charge in [-0.2, -0.15) is 0 Å². The number of aryl methyl sites for hydroxylation is 1. The number of hydrogen-bond donors (Lipinski definition) is 0. The molecule has 0 unspecified atom stereocenters. The highest BCUT2D eigenvalue weighted by molar-refractivity contribution is 6.03. The molecule has 0 aromatic heterocycles. The first-order chi connectivity index (χ1) is 10.2. The maximum Gasteiger partial charge on any atom is 0.306 e. The first-order valence-corrected chi connectivity index (χ1v) is 7.71. The van der Waals surface area contributed by atoms with Crippen LogP contribution in [0.5, 0.6) is 5.75 Å². The molecule has 4 heteroatoms. The zero-order chi connectivity index (χ0) is 16.5. The highest BCUT2D eigenvalue weighted by Gasteiger charge is 2.34. The van der Waals surface area contributed by atoms with Crippen molar-refractivity contribution in [1.29, 1.82) is 0 Å². The Hall–Kier alpha value is -1.84. The van der Waals surface area contributed by atoms with E-state index in [0.717, 1.165) is 11.1 Å². The summed E-state index contributed by atoms with van der Waals surface area (Å²) in [6.07, 6.45) is 0.0743. The number of carbonyl (C=O) groups excluding carboxylic acids is 2. The molecule has 0 fully saturated rings. The lowest BCUT2D eigenvalue weighted by atomic mass is 9.81. The van der Waals surface area contributed by atoms with Gasteiger partial charge in [0.25, 0.3) is 0 Å². The summed E-state index contributed by atoms with van der Waals surface area (Å²) in [5, 5.41) is 0. The summed E-state index contributed by atoms with van der Waals surface area (Å²) >= 11 is 0. The molecule has 1 aliphatic heterocycles. The molecule has 0 saturated carbocycles. The van der Waals surface area contributed by atoms with E-state index in [1.165, 1.54) is 0 Å². The number of fused-ring (bicyclic) bond motifs is 1. The third-order valence-electron chi connectivity index (χ3n) is 3.82. The Morgan fingerprint density at radius 3 is 2.64 bits per heavy atom. The van der Waals surface area contributed by atoms with Gasteiger partial charge in [0.1, 0.15) is 5.75 Å². The first-order valence-electron chi connectivity index (χ1n) is 7.71. The van der Waals surface area contributed by atoms with E-state index in [2.05, 4.69) is 26.8 Å². The Morgan fingerprint density at radius 1 is 1.36 bits per heavy atom. The number of Topliss-reactive ketones (excluding diaryl/α,β-unsaturated/α-hetero) is 1. The van der Waals surface area contributed by atoms with Crippen LogP contribution in [0, 0.1) is 12.8 Å². The molecule has 120 valence electrons. The number of carbonyl (C=O) groups is 2. The predicted molar refractivity (Wildman–Crippen MR) is 84.4 cm³/mol. The molecular formula is C18H24O4. The second kappa shape index (κ2) is 6.11. The van der Waals surface area contributed by atoms with Crippen LogP contribution in [-0.4, -0.2) is 25.0 Å². The van der Waals surface area contributed by atoms with E-state index in [0.29, 0.717) is 17.9 Å². The topological polar surface area (TPSA) is 52.6 Å². The summed E-state index contributed by atoms with van der Waals surface area (Å²) in [5.74, 6) is -0.163. The Morgan fingerprint density at radius 2 is 2.05 bits per heavy atom. The van der Waals surface area contributed by atoms with Crippen molar-refractivity contribution in [1.82, 2.24) is 0 Å². The van der Waals surface area contributed by atoms with E-state index in [1.54, 1.807) is 6.92 Å². The van der Waals surface area contributed by atoms with Crippen molar-refractivity contribution in [3.63, 3.8) is 0 Å². The van der Waals surface area contributed by atoms with E-state index in [1.807, 2.05) is 13.0 Å². The van der Waals surface area contributed by atoms with Crippen molar-refractivity contribution in [3.05, 3.63) is 28.8 Å². The summed E-state index contributed by atoms with van der Waals surface area (Å²) in [7, 11) is 0. The molecule has 0 spiro atoms. The van der Waals surface area contributed by atoms with Crippen LogP contribution in [0.4, 0.5) is 0 Å². The summed E-state index contributed by atoms with van der Waals surface area (Å²) in [5.41, 5.74) is 2.54. The number of hydrogen-bond acceptors (Lipinski definition) is 4. The SMILES string of the molecule is CCOC(=O)C[C@@H]1COc2c(cc(C)cc2C(C)(C)C)C1=O. The Labute approximate surface area is 131 Å². The van der Waals surface area contributed by atoms with Crippen LogP contribution in [-0.2, 0) is 14.9 Å². The summed E-state index contributed by atoms with van der Waals surface area (Å²) in [4.78, 5) is 24.3. The Kier molecular flexibility index (Phi) is 4.59. The minimum absolute atomic E-state index is 0.0245. The van der Waals surface area contributed by atoms with Crippen molar-refractivity contribution >= 4 is 11.8 Å². The van der Waals surface area contributed by atoms with Gasteiger partial charge in [0.15, 0.2) is 5.78 Å². The van der Waals surface area contributed by atoms with Gasteiger partial charge in [-0.1, -0.05) is 26.8 Å². The van der Waals surface area contributed by atoms with Gasteiger partial charge >= 0.3 is 5.97 Å². The largest absolute Gasteiger partial charge is 0.492 e. The highest BCUT2D eigenvalue weighted by atomic mass is 16.5. The Balaban J connectivity index is 2.35. The van der Waals surface area contributed by atoms with Crippen molar-refractivity contribution in [2.45, 2.75) is 46.5 Å². The maximum absolute atomic E-state index is 12.7. The van der Waals surface area contributed by atoms with Gasteiger partial charge in [-0.05, 0) is 30.9 Å². The second-order valence-corrected chi connectivity index (χ2v) is 6.82. The molecule has 0 N–H and O–H groups in total. The summed E-state index contributed by atoms with van der Waals surface area (Å²) in [6.45, 7) is 10.6. The molecule has 1 aliphatic rings. The quantitative estimate of drug-likeness (QED) is 0.803. The van der Waals surface area contributed by atoms with Gasteiger partial charge < -0.3 is 9.47 Å². The van der Waals surface area contributed by atoms with E-state index < -0.39 is 5.92 Å². The normalized spacial score (nSPS) is 17.7. The molecule has 22 heavy (non-hydrogen) atoms. The highest BCUT2D eigenvalue weighted by Crippen LogP contribution is 2.39. The fourth-order valence-corrected chi connectivity index (χ4v) is 2.72. The monoisotopic (exact) mass is 304 g/mol. The van der Waals surface area contributed by atoms with Gasteiger partial charge in [0, 0.05) is 5.56 Å². The zero-order valence-electron chi connectivity index (χ0n) is 14.0. The van der Waals surface area contributed by atoms with Crippen LogP contribution in [0.1, 0.15) is 55.6 Å². The molecule has 0 amide bonds. The molecule has 1 aromatic carbocycles. The number of ether oxygens (including phenoxy) is 2. The van der Waals surface area contributed by atoms with Gasteiger partial charge in [-0.3, -0.25) is 9.59 Å². The Bertz CT molecular complexity index is 596. The van der Waals surface area contributed by atoms with Crippen molar-refractivity contribution in [2.24, 2.45) is 5.92 Å². The molecular weight excluding hydrogens is 280 g/mol.